The Bertz CT molecular complexity index is 919. The van der Waals surface area contributed by atoms with Gasteiger partial charge in [-0.25, -0.2) is 4.98 Å². The van der Waals surface area contributed by atoms with Gasteiger partial charge in [0.2, 0.25) is 0 Å². The zero-order chi connectivity index (χ0) is 19.4. The summed E-state index contributed by atoms with van der Waals surface area (Å²) in [6.45, 7) is 8.57. The van der Waals surface area contributed by atoms with Gasteiger partial charge in [0.1, 0.15) is 11.5 Å². The highest BCUT2D eigenvalue weighted by atomic mass is 32.1. The third kappa shape index (κ3) is 4.77. The second-order valence-electron chi connectivity index (χ2n) is 6.55. The molecule has 5 nitrogen and oxygen atoms in total. The van der Waals surface area contributed by atoms with Gasteiger partial charge in [0.25, 0.3) is 5.91 Å². The van der Waals surface area contributed by atoms with Crippen molar-refractivity contribution in [1.29, 1.82) is 0 Å². The maximum absolute atomic E-state index is 12.4. The summed E-state index contributed by atoms with van der Waals surface area (Å²) in [5.74, 6) is 1.70. The van der Waals surface area contributed by atoms with Gasteiger partial charge in [-0.3, -0.25) is 10.1 Å². The largest absolute Gasteiger partial charge is 0.494 e. The Morgan fingerprint density at radius 2 is 1.81 bits per heavy atom. The van der Waals surface area contributed by atoms with E-state index in [4.69, 9.17) is 9.47 Å². The summed E-state index contributed by atoms with van der Waals surface area (Å²) in [6, 6.07) is 13.5. The first-order valence-corrected chi connectivity index (χ1v) is 9.88. The van der Waals surface area contributed by atoms with Gasteiger partial charge in [-0.1, -0.05) is 37.3 Å². The highest BCUT2D eigenvalue weighted by Gasteiger charge is 2.17. The fourth-order valence-electron chi connectivity index (χ4n) is 2.61. The van der Waals surface area contributed by atoms with Crippen LogP contribution in [-0.2, 0) is 4.79 Å². The predicted octanol–water partition coefficient (Wildman–Crippen LogP) is 5.22. The summed E-state index contributed by atoms with van der Waals surface area (Å²) in [4.78, 5) is 16.9. The molecule has 0 radical (unpaired) electrons. The maximum Gasteiger partial charge on any atom is 0.266 e. The Morgan fingerprint density at radius 3 is 2.48 bits per heavy atom. The number of benzene rings is 2. The van der Waals surface area contributed by atoms with Crippen molar-refractivity contribution in [2.75, 3.05) is 11.9 Å². The number of carbonyl (C=O) groups is 1. The van der Waals surface area contributed by atoms with E-state index in [1.807, 2.05) is 49.4 Å². The molecular formula is C21H24N2O3S. The second kappa shape index (κ2) is 8.39. The molecule has 3 rings (SSSR count). The molecular weight excluding hydrogens is 360 g/mol. The number of carbonyl (C=O) groups excluding carboxylic acids is 1. The number of fused-ring (bicyclic) bond motifs is 1. The minimum absolute atomic E-state index is 0.230. The lowest BCUT2D eigenvalue weighted by Crippen LogP contribution is -2.30. The van der Waals surface area contributed by atoms with E-state index in [1.165, 1.54) is 16.9 Å². The van der Waals surface area contributed by atoms with Crippen LogP contribution < -0.4 is 14.8 Å². The fraction of sp³-hybridized carbons (Fsp3) is 0.333. The number of thiazole rings is 1. The van der Waals surface area contributed by atoms with Gasteiger partial charge in [-0.2, -0.15) is 0 Å². The molecule has 1 unspecified atom stereocenters. The van der Waals surface area contributed by atoms with Crippen LogP contribution in [0, 0.1) is 0 Å². The summed E-state index contributed by atoms with van der Waals surface area (Å²) >= 11 is 1.42. The van der Waals surface area contributed by atoms with E-state index in [1.54, 1.807) is 6.92 Å². The molecule has 27 heavy (non-hydrogen) atoms. The molecule has 0 spiro atoms. The number of hydrogen-bond donors (Lipinski definition) is 1. The highest BCUT2D eigenvalue weighted by molar-refractivity contribution is 7.22. The van der Waals surface area contributed by atoms with E-state index >= 15 is 0 Å². The Morgan fingerprint density at radius 1 is 1.11 bits per heavy atom. The molecule has 0 saturated heterocycles. The molecule has 1 atom stereocenters. The molecule has 0 bridgehead atoms. The first-order valence-electron chi connectivity index (χ1n) is 9.07. The number of hydrogen-bond acceptors (Lipinski definition) is 5. The maximum atomic E-state index is 12.4. The van der Waals surface area contributed by atoms with E-state index < -0.39 is 6.10 Å². The average molecular weight is 385 g/mol. The monoisotopic (exact) mass is 384 g/mol. The van der Waals surface area contributed by atoms with Crippen molar-refractivity contribution in [2.24, 2.45) is 0 Å². The average Bonchev–Trinajstić information content (AvgIpc) is 3.03. The van der Waals surface area contributed by atoms with Crippen LogP contribution in [0.5, 0.6) is 11.5 Å². The summed E-state index contributed by atoms with van der Waals surface area (Å²) in [7, 11) is 0. The molecule has 1 N–H and O–H groups in total. The Balaban J connectivity index is 1.64. The van der Waals surface area contributed by atoms with Crippen LogP contribution in [0.2, 0.25) is 0 Å². The van der Waals surface area contributed by atoms with Gasteiger partial charge in [0, 0.05) is 0 Å². The van der Waals surface area contributed by atoms with Gasteiger partial charge in [0.15, 0.2) is 11.2 Å². The lowest BCUT2D eigenvalue weighted by Gasteiger charge is -2.14. The number of ether oxygens (including phenoxy) is 2. The van der Waals surface area contributed by atoms with Gasteiger partial charge in [-0.05, 0) is 55.7 Å². The van der Waals surface area contributed by atoms with Crippen molar-refractivity contribution >= 4 is 32.6 Å². The van der Waals surface area contributed by atoms with E-state index in [9.17, 15) is 4.79 Å². The Hall–Kier alpha value is -2.60. The molecule has 1 amide bonds. The number of aromatic nitrogens is 1. The summed E-state index contributed by atoms with van der Waals surface area (Å²) in [5, 5.41) is 3.39. The van der Waals surface area contributed by atoms with Crippen LogP contribution in [-0.4, -0.2) is 23.6 Å². The minimum atomic E-state index is -0.624. The Labute approximate surface area is 163 Å². The van der Waals surface area contributed by atoms with Crippen molar-refractivity contribution in [3.05, 3.63) is 48.0 Å². The molecule has 142 valence electrons. The topological polar surface area (TPSA) is 60.5 Å². The molecule has 0 fully saturated rings. The van der Waals surface area contributed by atoms with Crippen molar-refractivity contribution in [1.82, 2.24) is 4.98 Å². The first kappa shape index (κ1) is 19.2. The zero-order valence-electron chi connectivity index (χ0n) is 16.0. The van der Waals surface area contributed by atoms with Crippen LogP contribution in [0.15, 0.2) is 42.5 Å². The molecule has 1 aromatic heterocycles. The van der Waals surface area contributed by atoms with Crippen LogP contribution >= 0.6 is 11.3 Å². The van der Waals surface area contributed by atoms with E-state index in [0.717, 1.165) is 16.0 Å². The summed E-state index contributed by atoms with van der Waals surface area (Å²) in [6.07, 6.45) is -0.624. The molecule has 0 aliphatic carbocycles. The molecule has 0 saturated carbocycles. The molecule has 2 aromatic carbocycles. The standard InChI is InChI=1S/C21H24N2O3S/c1-5-25-17-10-11-18-19(12-17)27-21(22-18)23-20(24)14(4)26-16-8-6-15(7-9-16)13(2)3/h6-14H,5H2,1-4H3,(H,22,23,24). The Kier molecular flexibility index (Phi) is 5.96. The van der Waals surface area contributed by atoms with Crippen LogP contribution in [0.3, 0.4) is 0 Å². The quantitative estimate of drug-likeness (QED) is 0.606. The predicted molar refractivity (Wildman–Crippen MR) is 110 cm³/mol. The number of nitrogens with zero attached hydrogens (tertiary/aromatic N) is 1. The fourth-order valence-corrected chi connectivity index (χ4v) is 3.51. The lowest BCUT2D eigenvalue weighted by molar-refractivity contribution is -0.122. The van der Waals surface area contributed by atoms with Crippen LogP contribution in [0.1, 0.15) is 39.2 Å². The molecule has 1 heterocycles. The smallest absolute Gasteiger partial charge is 0.266 e. The first-order chi connectivity index (χ1) is 13.0. The lowest BCUT2D eigenvalue weighted by atomic mass is 10.0. The number of amides is 1. The second-order valence-corrected chi connectivity index (χ2v) is 7.59. The molecule has 3 aromatic rings. The zero-order valence-corrected chi connectivity index (χ0v) is 16.8. The van der Waals surface area contributed by atoms with Crippen molar-refractivity contribution < 1.29 is 14.3 Å². The third-order valence-corrected chi connectivity index (χ3v) is 5.06. The van der Waals surface area contributed by atoms with Crippen molar-refractivity contribution in [2.45, 2.75) is 39.7 Å². The molecule has 0 aliphatic rings. The van der Waals surface area contributed by atoms with Crippen LogP contribution in [0.4, 0.5) is 5.13 Å². The van der Waals surface area contributed by atoms with Gasteiger partial charge >= 0.3 is 0 Å². The van der Waals surface area contributed by atoms with Gasteiger partial charge in [-0.15, -0.1) is 0 Å². The number of rotatable bonds is 7. The summed E-state index contributed by atoms with van der Waals surface area (Å²) in [5.41, 5.74) is 2.07. The number of anilines is 1. The van der Waals surface area contributed by atoms with Crippen molar-refractivity contribution in [3.8, 4) is 11.5 Å². The summed E-state index contributed by atoms with van der Waals surface area (Å²) < 4.78 is 12.2. The number of nitrogens with one attached hydrogen (secondary N) is 1. The SMILES string of the molecule is CCOc1ccc2nc(NC(=O)C(C)Oc3ccc(C(C)C)cc3)sc2c1. The highest BCUT2D eigenvalue weighted by Crippen LogP contribution is 2.29. The molecule has 6 heteroatoms. The third-order valence-electron chi connectivity index (χ3n) is 4.13. The minimum Gasteiger partial charge on any atom is -0.494 e. The van der Waals surface area contributed by atoms with Crippen LogP contribution in [0.25, 0.3) is 10.2 Å². The van der Waals surface area contributed by atoms with E-state index in [-0.39, 0.29) is 5.91 Å². The molecule has 0 aliphatic heterocycles. The van der Waals surface area contributed by atoms with Gasteiger partial charge < -0.3 is 9.47 Å². The normalized spacial score (nSPS) is 12.2. The van der Waals surface area contributed by atoms with Crippen molar-refractivity contribution in [3.63, 3.8) is 0 Å². The van der Waals surface area contributed by atoms with E-state index in [0.29, 0.717) is 23.4 Å². The van der Waals surface area contributed by atoms with E-state index in [2.05, 4.69) is 24.1 Å². The van der Waals surface area contributed by atoms with Gasteiger partial charge in [0.05, 0.1) is 16.8 Å².